The van der Waals surface area contributed by atoms with E-state index in [0.717, 1.165) is 5.01 Å². The van der Waals surface area contributed by atoms with Crippen molar-refractivity contribution in [2.45, 2.75) is 32.7 Å². The van der Waals surface area contributed by atoms with E-state index in [-0.39, 0.29) is 18.7 Å². The second-order valence-corrected chi connectivity index (χ2v) is 4.79. The molecular formula is C9H16N4O2S. The lowest BCUT2D eigenvalue weighted by Gasteiger charge is -2.09. The fourth-order valence-electron chi connectivity index (χ4n) is 0.921. The minimum absolute atomic E-state index is 0.0964. The summed E-state index contributed by atoms with van der Waals surface area (Å²) in [5.74, 6) is 0.299. The Morgan fingerprint density at radius 1 is 1.44 bits per heavy atom. The first-order valence-electron chi connectivity index (χ1n) is 5.04. The number of aliphatic hydroxyl groups is 1. The van der Waals surface area contributed by atoms with Crippen LogP contribution in [0.4, 0.5) is 9.93 Å². The first kappa shape index (κ1) is 12.9. The second kappa shape index (κ2) is 5.76. The van der Waals surface area contributed by atoms with Crippen molar-refractivity contribution in [2.75, 3.05) is 11.9 Å². The van der Waals surface area contributed by atoms with Crippen LogP contribution in [0.5, 0.6) is 0 Å². The predicted molar refractivity (Wildman–Crippen MR) is 62.7 cm³/mol. The molecule has 90 valence electrons. The highest BCUT2D eigenvalue weighted by atomic mass is 32.1. The largest absolute Gasteiger partial charge is 0.394 e. The summed E-state index contributed by atoms with van der Waals surface area (Å²) < 4.78 is 0. The molecule has 0 radical (unpaired) electrons. The van der Waals surface area contributed by atoms with Crippen molar-refractivity contribution in [3.63, 3.8) is 0 Å². The van der Waals surface area contributed by atoms with Crippen molar-refractivity contribution < 1.29 is 9.90 Å². The monoisotopic (exact) mass is 244 g/mol. The lowest BCUT2D eigenvalue weighted by molar-refractivity contribution is 0.229. The lowest BCUT2D eigenvalue weighted by atomic mass is 10.2. The highest BCUT2D eigenvalue weighted by Gasteiger charge is 2.11. The summed E-state index contributed by atoms with van der Waals surface area (Å²) in [6.07, 6.45) is 0. The van der Waals surface area contributed by atoms with E-state index in [1.54, 1.807) is 6.92 Å². The summed E-state index contributed by atoms with van der Waals surface area (Å²) in [5, 5.41) is 23.0. The molecule has 0 bridgehead atoms. The number of aromatic nitrogens is 2. The van der Waals surface area contributed by atoms with Gasteiger partial charge in [-0.05, 0) is 6.92 Å². The van der Waals surface area contributed by atoms with Gasteiger partial charge in [0.25, 0.3) is 0 Å². The topological polar surface area (TPSA) is 87.1 Å². The van der Waals surface area contributed by atoms with Crippen LogP contribution in [0.15, 0.2) is 0 Å². The number of aliphatic hydroxyl groups excluding tert-OH is 1. The van der Waals surface area contributed by atoms with Crippen molar-refractivity contribution in [2.24, 2.45) is 0 Å². The summed E-state index contributed by atoms with van der Waals surface area (Å²) in [6.45, 7) is 5.64. The minimum Gasteiger partial charge on any atom is -0.394 e. The smallest absolute Gasteiger partial charge is 0.321 e. The number of hydrogen-bond donors (Lipinski definition) is 3. The van der Waals surface area contributed by atoms with Crippen LogP contribution >= 0.6 is 11.3 Å². The normalized spacial score (nSPS) is 12.6. The van der Waals surface area contributed by atoms with Gasteiger partial charge in [-0.25, -0.2) is 4.79 Å². The van der Waals surface area contributed by atoms with Crippen molar-refractivity contribution in [3.05, 3.63) is 5.01 Å². The first-order chi connectivity index (χ1) is 7.52. The van der Waals surface area contributed by atoms with Gasteiger partial charge in [-0.3, -0.25) is 5.32 Å². The van der Waals surface area contributed by atoms with Crippen molar-refractivity contribution in [3.8, 4) is 0 Å². The number of urea groups is 1. The molecule has 0 aliphatic rings. The van der Waals surface area contributed by atoms with Gasteiger partial charge in [0, 0.05) is 5.92 Å². The third-order valence-electron chi connectivity index (χ3n) is 1.81. The van der Waals surface area contributed by atoms with E-state index < -0.39 is 0 Å². The van der Waals surface area contributed by atoms with Crippen molar-refractivity contribution in [1.82, 2.24) is 15.5 Å². The Bertz CT molecular complexity index is 353. The standard InChI is InChI=1S/C9H16N4O2S/c1-5(2)7-12-13-9(16-7)11-8(15)10-6(3)4-14/h5-6,14H,4H2,1-3H3,(H2,10,11,13,15)/t6-/m1/s1. The molecule has 0 saturated carbocycles. The molecule has 6 nitrogen and oxygen atoms in total. The number of rotatable bonds is 4. The summed E-state index contributed by atoms with van der Waals surface area (Å²) in [5.41, 5.74) is 0. The van der Waals surface area contributed by atoms with Crippen molar-refractivity contribution >= 4 is 22.5 Å². The van der Waals surface area contributed by atoms with Crippen LogP contribution in [-0.4, -0.2) is 34.0 Å². The summed E-state index contributed by atoms with van der Waals surface area (Å²) >= 11 is 1.35. The number of nitrogens with zero attached hydrogens (tertiary/aromatic N) is 2. The van der Waals surface area contributed by atoms with Crippen LogP contribution in [0.2, 0.25) is 0 Å². The quantitative estimate of drug-likeness (QED) is 0.741. The predicted octanol–water partition coefficient (Wildman–Crippen LogP) is 1.16. The van der Waals surface area contributed by atoms with E-state index in [0.29, 0.717) is 11.0 Å². The molecular weight excluding hydrogens is 228 g/mol. The molecule has 7 heteroatoms. The number of amides is 2. The van der Waals surface area contributed by atoms with E-state index >= 15 is 0 Å². The van der Waals surface area contributed by atoms with Gasteiger partial charge in [0.15, 0.2) is 0 Å². The summed E-state index contributed by atoms with van der Waals surface area (Å²) in [6, 6.07) is -0.662. The Balaban J connectivity index is 2.50. The second-order valence-electron chi connectivity index (χ2n) is 3.78. The average molecular weight is 244 g/mol. The molecule has 1 rings (SSSR count). The summed E-state index contributed by atoms with van der Waals surface area (Å²) in [4.78, 5) is 11.4. The Hall–Kier alpha value is -1.21. The maximum Gasteiger partial charge on any atom is 0.321 e. The van der Waals surface area contributed by atoms with Gasteiger partial charge in [-0.15, -0.1) is 10.2 Å². The molecule has 0 aliphatic carbocycles. The molecule has 1 heterocycles. The molecule has 1 aromatic heterocycles. The zero-order chi connectivity index (χ0) is 12.1. The summed E-state index contributed by atoms with van der Waals surface area (Å²) in [7, 11) is 0. The van der Waals surface area contributed by atoms with E-state index in [9.17, 15) is 4.79 Å². The number of hydrogen-bond acceptors (Lipinski definition) is 5. The van der Waals surface area contributed by atoms with Gasteiger partial charge in [-0.2, -0.15) is 0 Å². The SMILES string of the molecule is CC(C)c1nnc(NC(=O)N[C@H](C)CO)s1. The minimum atomic E-state index is -0.381. The maximum absolute atomic E-state index is 11.4. The van der Waals surface area contributed by atoms with Crippen LogP contribution in [0.25, 0.3) is 0 Å². The third kappa shape index (κ3) is 3.74. The van der Waals surface area contributed by atoms with Crippen LogP contribution in [0.1, 0.15) is 31.7 Å². The number of nitrogens with one attached hydrogen (secondary N) is 2. The highest BCUT2D eigenvalue weighted by Crippen LogP contribution is 2.22. The van der Waals surface area contributed by atoms with Gasteiger partial charge in [0.1, 0.15) is 5.01 Å². The third-order valence-corrected chi connectivity index (χ3v) is 2.95. The Morgan fingerprint density at radius 2 is 2.12 bits per heavy atom. The zero-order valence-corrected chi connectivity index (χ0v) is 10.3. The van der Waals surface area contributed by atoms with E-state index in [2.05, 4.69) is 20.8 Å². The Morgan fingerprint density at radius 3 is 2.62 bits per heavy atom. The van der Waals surface area contributed by atoms with Crippen LogP contribution < -0.4 is 10.6 Å². The lowest BCUT2D eigenvalue weighted by Crippen LogP contribution is -2.38. The molecule has 0 fully saturated rings. The molecule has 3 N–H and O–H groups in total. The molecule has 1 aromatic rings. The Kier molecular flexibility index (Phi) is 4.63. The maximum atomic E-state index is 11.4. The number of anilines is 1. The van der Waals surface area contributed by atoms with Gasteiger partial charge in [0.2, 0.25) is 5.13 Å². The molecule has 16 heavy (non-hydrogen) atoms. The van der Waals surface area contributed by atoms with Gasteiger partial charge >= 0.3 is 6.03 Å². The van der Waals surface area contributed by atoms with Crippen LogP contribution in [-0.2, 0) is 0 Å². The van der Waals surface area contributed by atoms with Gasteiger partial charge < -0.3 is 10.4 Å². The molecule has 0 unspecified atom stereocenters. The van der Waals surface area contributed by atoms with Crippen LogP contribution in [0, 0.1) is 0 Å². The van der Waals surface area contributed by atoms with Crippen molar-refractivity contribution in [1.29, 1.82) is 0 Å². The molecule has 0 spiro atoms. The number of carbonyl (C=O) groups is 1. The van der Waals surface area contributed by atoms with Gasteiger partial charge in [-0.1, -0.05) is 25.2 Å². The fourth-order valence-corrected chi connectivity index (χ4v) is 1.66. The Labute approximate surface area is 98.1 Å². The zero-order valence-electron chi connectivity index (χ0n) is 9.52. The average Bonchev–Trinajstić information content (AvgIpc) is 2.65. The van der Waals surface area contributed by atoms with Gasteiger partial charge in [0.05, 0.1) is 12.6 Å². The number of carbonyl (C=O) groups excluding carboxylic acids is 1. The fraction of sp³-hybridized carbons (Fsp3) is 0.667. The van der Waals surface area contributed by atoms with E-state index in [1.165, 1.54) is 11.3 Å². The molecule has 0 aromatic carbocycles. The first-order valence-corrected chi connectivity index (χ1v) is 5.86. The van der Waals surface area contributed by atoms with E-state index in [4.69, 9.17) is 5.11 Å². The van der Waals surface area contributed by atoms with Crippen LogP contribution in [0.3, 0.4) is 0 Å². The highest BCUT2D eigenvalue weighted by molar-refractivity contribution is 7.15. The molecule has 1 atom stereocenters. The molecule has 0 aliphatic heterocycles. The molecule has 2 amide bonds. The van der Waals surface area contributed by atoms with E-state index in [1.807, 2.05) is 13.8 Å². The molecule has 0 saturated heterocycles.